The van der Waals surface area contributed by atoms with E-state index in [9.17, 15) is 9.90 Å². The van der Waals surface area contributed by atoms with E-state index in [1.165, 1.54) is 122 Å². The van der Waals surface area contributed by atoms with Crippen molar-refractivity contribution < 1.29 is 9.90 Å². The van der Waals surface area contributed by atoms with Gasteiger partial charge in [-0.25, -0.2) is 0 Å². The van der Waals surface area contributed by atoms with Crippen molar-refractivity contribution in [3.63, 3.8) is 0 Å². The topological polar surface area (TPSA) is 37.3 Å². The average Bonchev–Trinajstić information content (AvgIpc) is 2.77. The summed E-state index contributed by atoms with van der Waals surface area (Å²) in [5.74, 6) is 1.46. The molecule has 1 atom stereocenters. The van der Waals surface area contributed by atoms with Gasteiger partial charge in [-0.3, -0.25) is 4.79 Å². The summed E-state index contributed by atoms with van der Waals surface area (Å²) in [5, 5.41) is 10.2. The van der Waals surface area contributed by atoms with Crippen molar-refractivity contribution in [1.29, 1.82) is 0 Å². The molecule has 1 saturated carbocycles. The van der Waals surface area contributed by atoms with Crippen molar-refractivity contribution in [3.05, 3.63) is 0 Å². The van der Waals surface area contributed by atoms with E-state index in [1.807, 2.05) is 6.92 Å². The van der Waals surface area contributed by atoms with Gasteiger partial charge in [-0.1, -0.05) is 129 Å². The van der Waals surface area contributed by atoms with Crippen molar-refractivity contribution in [2.24, 2.45) is 5.92 Å². The lowest BCUT2D eigenvalue weighted by Gasteiger charge is -2.21. The third-order valence-corrected chi connectivity index (χ3v) is 7.26. The zero-order valence-electron chi connectivity index (χ0n) is 20.5. The number of carbonyl (C=O) groups is 1. The Hall–Kier alpha value is -0.370. The number of aliphatic hydroxyl groups is 1. The maximum atomic E-state index is 11.2. The fourth-order valence-electron chi connectivity index (χ4n) is 5.08. The molecular formula is C28H54O2. The molecule has 1 fully saturated rings. The lowest BCUT2D eigenvalue weighted by Crippen LogP contribution is -2.07. The van der Waals surface area contributed by atoms with Crippen molar-refractivity contribution in [2.75, 3.05) is 0 Å². The number of rotatable bonds is 21. The molecule has 0 aromatic heterocycles. The lowest BCUT2D eigenvalue weighted by molar-refractivity contribution is -0.118. The summed E-state index contributed by atoms with van der Waals surface area (Å²) in [6, 6.07) is 0. The predicted molar refractivity (Wildman–Crippen MR) is 131 cm³/mol. The highest BCUT2D eigenvalue weighted by atomic mass is 16.3. The quantitative estimate of drug-likeness (QED) is 0.187. The molecule has 2 nitrogen and oxygen atoms in total. The Morgan fingerprint density at radius 2 is 1.17 bits per heavy atom. The fourth-order valence-corrected chi connectivity index (χ4v) is 5.08. The Labute approximate surface area is 189 Å². The molecule has 0 aromatic carbocycles. The van der Waals surface area contributed by atoms with Crippen molar-refractivity contribution in [1.82, 2.24) is 0 Å². The number of ketones is 1. The molecular weight excluding hydrogens is 368 g/mol. The van der Waals surface area contributed by atoms with Crippen molar-refractivity contribution >= 4 is 5.78 Å². The molecule has 1 aliphatic carbocycles. The molecule has 0 spiro atoms. The number of hydrogen-bond donors (Lipinski definition) is 1. The minimum atomic E-state index is -0.0528. The van der Waals surface area contributed by atoms with Crippen LogP contribution < -0.4 is 0 Å². The van der Waals surface area contributed by atoms with Gasteiger partial charge in [-0.15, -0.1) is 0 Å². The van der Waals surface area contributed by atoms with Crippen LogP contribution in [0.1, 0.15) is 161 Å². The van der Waals surface area contributed by atoms with E-state index < -0.39 is 0 Å². The van der Waals surface area contributed by atoms with Crippen LogP contribution >= 0.6 is 0 Å². The molecule has 1 N–H and O–H groups in total. The van der Waals surface area contributed by atoms with E-state index in [4.69, 9.17) is 0 Å². The zero-order chi connectivity index (χ0) is 21.7. The monoisotopic (exact) mass is 422 g/mol. The SMILES string of the molecule is CCC(=O)CCCCCCCCCCCCC(O)CCCCCCC1CCCCC1. The normalized spacial score (nSPS) is 16.1. The van der Waals surface area contributed by atoms with Crippen LogP contribution in [-0.2, 0) is 4.79 Å². The van der Waals surface area contributed by atoms with Gasteiger partial charge < -0.3 is 5.11 Å². The van der Waals surface area contributed by atoms with E-state index in [2.05, 4.69) is 0 Å². The Balaban J connectivity index is 1.73. The highest BCUT2D eigenvalue weighted by Crippen LogP contribution is 2.28. The molecule has 30 heavy (non-hydrogen) atoms. The molecule has 2 heteroatoms. The van der Waals surface area contributed by atoms with E-state index in [0.29, 0.717) is 12.2 Å². The fraction of sp³-hybridized carbons (Fsp3) is 0.964. The first-order chi connectivity index (χ1) is 14.7. The van der Waals surface area contributed by atoms with Gasteiger partial charge in [0.05, 0.1) is 6.10 Å². The van der Waals surface area contributed by atoms with E-state index in [-0.39, 0.29) is 6.10 Å². The summed E-state index contributed by atoms with van der Waals surface area (Å²) < 4.78 is 0. The molecule has 1 rings (SSSR count). The Morgan fingerprint density at radius 3 is 1.70 bits per heavy atom. The minimum absolute atomic E-state index is 0.0528. The second-order valence-corrected chi connectivity index (χ2v) is 10.1. The molecule has 0 saturated heterocycles. The van der Waals surface area contributed by atoms with E-state index >= 15 is 0 Å². The van der Waals surface area contributed by atoms with Crippen LogP contribution in [0.5, 0.6) is 0 Å². The highest BCUT2D eigenvalue weighted by Gasteiger charge is 2.12. The van der Waals surface area contributed by atoms with Gasteiger partial charge in [0.15, 0.2) is 0 Å². The Kier molecular flexibility index (Phi) is 18.9. The van der Waals surface area contributed by atoms with Crippen LogP contribution in [0, 0.1) is 5.92 Å². The molecule has 0 aromatic rings. The van der Waals surface area contributed by atoms with Crippen LogP contribution in [0.2, 0.25) is 0 Å². The summed E-state index contributed by atoms with van der Waals surface area (Å²) in [7, 11) is 0. The maximum absolute atomic E-state index is 11.2. The number of carbonyl (C=O) groups excluding carboxylic acids is 1. The maximum Gasteiger partial charge on any atom is 0.132 e. The molecule has 0 heterocycles. The lowest BCUT2D eigenvalue weighted by atomic mass is 9.85. The van der Waals surface area contributed by atoms with Gasteiger partial charge in [-0.2, -0.15) is 0 Å². The predicted octanol–water partition coefficient (Wildman–Crippen LogP) is 8.93. The first kappa shape index (κ1) is 27.7. The second kappa shape index (κ2) is 20.5. The summed E-state index contributed by atoms with van der Waals surface area (Å²) >= 11 is 0. The standard InChI is InChI=1S/C28H54O2/c1-2-27(29)23-17-9-7-5-3-4-6-8-10-18-24-28(30)25-19-12-11-14-20-26-21-15-13-16-22-26/h26,28,30H,2-25H2,1H3. The van der Waals surface area contributed by atoms with Gasteiger partial charge in [0.2, 0.25) is 0 Å². The van der Waals surface area contributed by atoms with E-state index in [1.54, 1.807) is 0 Å². The van der Waals surface area contributed by atoms with Crippen molar-refractivity contribution in [3.8, 4) is 0 Å². The van der Waals surface area contributed by atoms with Gasteiger partial charge in [-0.05, 0) is 25.2 Å². The number of hydrogen-bond acceptors (Lipinski definition) is 2. The van der Waals surface area contributed by atoms with Gasteiger partial charge in [0, 0.05) is 12.8 Å². The van der Waals surface area contributed by atoms with Crippen LogP contribution in [0.4, 0.5) is 0 Å². The average molecular weight is 423 g/mol. The molecule has 1 unspecified atom stereocenters. The molecule has 0 amide bonds. The Bertz CT molecular complexity index is 373. The van der Waals surface area contributed by atoms with Crippen molar-refractivity contribution in [2.45, 2.75) is 167 Å². The van der Waals surface area contributed by atoms with Gasteiger partial charge >= 0.3 is 0 Å². The first-order valence-corrected chi connectivity index (χ1v) is 13.9. The second-order valence-electron chi connectivity index (χ2n) is 10.1. The third kappa shape index (κ3) is 17.3. The first-order valence-electron chi connectivity index (χ1n) is 13.9. The summed E-state index contributed by atoms with van der Waals surface area (Å²) in [6.07, 6.45) is 30.5. The van der Waals surface area contributed by atoms with Gasteiger partial charge in [0.25, 0.3) is 0 Å². The van der Waals surface area contributed by atoms with E-state index in [0.717, 1.165) is 31.6 Å². The van der Waals surface area contributed by atoms with Crippen LogP contribution in [-0.4, -0.2) is 17.0 Å². The molecule has 178 valence electrons. The molecule has 1 aliphatic rings. The zero-order valence-corrected chi connectivity index (χ0v) is 20.5. The summed E-state index contributed by atoms with van der Waals surface area (Å²) in [6.45, 7) is 1.96. The largest absolute Gasteiger partial charge is 0.393 e. The van der Waals surface area contributed by atoms with Crippen LogP contribution in [0.25, 0.3) is 0 Å². The smallest absolute Gasteiger partial charge is 0.132 e. The van der Waals surface area contributed by atoms with Gasteiger partial charge in [0.1, 0.15) is 5.78 Å². The Morgan fingerprint density at radius 1 is 0.700 bits per heavy atom. The minimum Gasteiger partial charge on any atom is -0.393 e. The number of unbranched alkanes of at least 4 members (excludes halogenated alkanes) is 12. The molecule has 0 bridgehead atoms. The number of aliphatic hydroxyl groups excluding tert-OH is 1. The van der Waals surface area contributed by atoms with Crippen LogP contribution in [0.15, 0.2) is 0 Å². The third-order valence-electron chi connectivity index (χ3n) is 7.26. The molecule has 0 aliphatic heterocycles. The highest BCUT2D eigenvalue weighted by molar-refractivity contribution is 5.77. The number of Topliss-reactive ketones (excluding diaryl/α,β-unsaturated/α-hetero) is 1. The summed E-state index contributed by atoms with van der Waals surface area (Å²) in [4.78, 5) is 11.2. The summed E-state index contributed by atoms with van der Waals surface area (Å²) in [5.41, 5.74) is 0. The molecule has 0 radical (unpaired) electrons. The van der Waals surface area contributed by atoms with Crippen LogP contribution in [0.3, 0.4) is 0 Å².